The number of carbonyl (C=O) groups excluding carboxylic acids is 1. The first kappa shape index (κ1) is 13.5. The van der Waals surface area contributed by atoms with Crippen LogP contribution >= 0.6 is 11.3 Å². The fourth-order valence-electron chi connectivity index (χ4n) is 1.64. The van der Waals surface area contributed by atoms with Gasteiger partial charge in [-0.1, -0.05) is 36.3 Å². The Labute approximate surface area is 116 Å². The molecule has 0 unspecified atom stereocenters. The fraction of sp³-hybridized carbons (Fsp3) is 0.200. The molecule has 0 saturated carbocycles. The maximum absolute atomic E-state index is 11.7. The number of aromatic nitrogens is 1. The Bertz CT molecular complexity index is 584. The summed E-state index contributed by atoms with van der Waals surface area (Å²) in [5, 5.41) is 5.70. The largest absolute Gasteiger partial charge is 0.299 e. The van der Waals surface area contributed by atoms with Crippen molar-refractivity contribution in [2.45, 2.75) is 6.42 Å². The molecule has 0 bridgehead atoms. The van der Waals surface area contributed by atoms with Crippen LogP contribution in [0.4, 0.5) is 0 Å². The van der Waals surface area contributed by atoms with Gasteiger partial charge in [0.2, 0.25) is 0 Å². The predicted molar refractivity (Wildman–Crippen MR) is 78.0 cm³/mol. The van der Waals surface area contributed by atoms with Crippen molar-refractivity contribution in [3.63, 3.8) is 0 Å². The molecular formula is C15H14N2OS. The van der Waals surface area contributed by atoms with Gasteiger partial charge in [0.15, 0.2) is 5.78 Å². The van der Waals surface area contributed by atoms with E-state index in [1.165, 1.54) is 11.3 Å². The predicted octanol–water partition coefficient (Wildman–Crippen LogP) is 2.14. The summed E-state index contributed by atoms with van der Waals surface area (Å²) in [4.78, 5) is 16.1. The summed E-state index contributed by atoms with van der Waals surface area (Å²) in [6, 6.07) is 9.94. The van der Waals surface area contributed by atoms with Gasteiger partial charge in [-0.15, -0.1) is 17.8 Å². The van der Waals surface area contributed by atoms with E-state index in [9.17, 15) is 4.79 Å². The van der Waals surface area contributed by atoms with Gasteiger partial charge in [-0.3, -0.25) is 10.1 Å². The molecule has 96 valence electrons. The molecule has 19 heavy (non-hydrogen) atoms. The highest BCUT2D eigenvalue weighted by Crippen LogP contribution is 2.21. The number of carbonyl (C=O) groups is 1. The molecule has 0 radical (unpaired) electrons. The van der Waals surface area contributed by atoms with Gasteiger partial charge >= 0.3 is 0 Å². The van der Waals surface area contributed by atoms with Crippen LogP contribution in [0.25, 0.3) is 11.3 Å². The average Bonchev–Trinajstić information content (AvgIpc) is 2.88. The topological polar surface area (TPSA) is 42.0 Å². The molecule has 2 aromatic rings. The lowest BCUT2D eigenvalue weighted by atomic mass is 10.2. The molecule has 0 aliphatic carbocycles. The summed E-state index contributed by atoms with van der Waals surface area (Å²) >= 11 is 1.51. The third kappa shape index (κ3) is 4.02. The molecule has 0 aliphatic heterocycles. The molecule has 1 N–H and O–H groups in total. The van der Waals surface area contributed by atoms with E-state index in [4.69, 9.17) is 6.42 Å². The van der Waals surface area contributed by atoms with E-state index in [2.05, 4.69) is 16.2 Å². The van der Waals surface area contributed by atoms with Gasteiger partial charge in [-0.25, -0.2) is 4.98 Å². The van der Waals surface area contributed by atoms with Crippen LogP contribution in [0.3, 0.4) is 0 Å². The molecule has 0 spiro atoms. The number of hydrogen-bond acceptors (Lipinski definition) is 4. The second-order valence-electron chi connectivity index (χ2n) is 4.02. The molecule has 0 atom stereocenters. The van der Waals surface area contributed by atoms with Crippen molar-refractivity contribution in [1.82, 2.24) is 10.3 Å². The summed E-state index contributed by atoms with van der Waals surface area (Å²) in [6.07, 6.45) is 5.46. The molecule has 2 rings (SSSR count). The van der Waals surface area contributed by atoms with Crippen molar-refractivity contribution in [3.8, 4) is 23.6 Å². The number of nitrogens with zero attached hydrogens (tertiary/aromatic N) is 1. The summed E-state index contributed by atoms with van der Waals surface area (Å²) in [6.45, 7) is 0.712. The Morgan fingerprint density at radius 1 is 1.37 bits per heavy atom. The van der Waals surface area contributed by atoms with Crippen molar-refractivity contribution in [3.05, 3.63) is 40.7 Å². The van der Waals surface area contributed by atoms with Crippen LogP contribution in [0.2, 0.25) is 0 Å². The molecule has 1 heterocycles. The first-order valence-corrected chi connectivity index (χ1v) is 6.83. The van der Waals surface area contributed by atoms with E-state index in [0.717, 1.165) is 16.3 Å². The molecule has 0 saturated heterocycles. The Morgan fingerprint density at radius 3 is 2.89 bits per heavy atom. The number of benzene rings is 1. The molecule has 1 aromatic carbocycles. The molecule has 0 amide bonds. The van der Waals surface area contributed by atoms with E-state index in [1.54, 1.807) is 0 Å². The van der Waals surface area contributed by atoms with Crippen molar-refractivity contribution in [2.75, 3.05) is 13.1 Å². The Balaban J connectivity index is 1.95. The molecule has 0 aliphatic rings. The molecule has 4 heteroatoms. The first-order valence-electron chi connectivity index (χ1n) is 5.95. The van der Waals surface area contributed by atoms with Crippen molar-refractivity contribution in [1.29, 1.82) is 0 Å². The van der Waals surface area contributed by atoms with Crippen molar-refractivity contribution >= 4 is 17.1 Å². The minimum absolute atomic E-state index is 0.101. The molecule has 0 fully saturated rings. The van der Waals surface area contributed by atoms with Gasteiger partial charge in [-0.05, 0) is 0 Å². The van der Waals surface area contributed by atoms with E-state index in [1.807, 2.05) is 35.7 Å². The summed E-state index contributed by atoms with van der Waals surface area (Å²) in [5.74, 6) is 2.54. The second kappa shape index (κ2) is 6.83. The van der Waals surface area contributed by atoms with Gasteiger partial charge in [0.25, 0.3) is 0 Å². The molecular weight excluding hydrogens is 256 g/mol. The van der Waals surface area contributed by atoms with E-state index >= 15 is 0 Å². The van der Waals surface area contributed by atoms with Crippen LogP contribution in [0.5, 0.6) is 0 Å². The smallest absolute Gasteiger partial charge is 0.153 e. The minimum Gasteiger partial charge on any atom is -0.299 e. The van der Waals surface area contributed by atoms with Crippen LogP contribution in [0, 0.1) is 12.3 Å². The highest BCUT2D eigenvalue weighted by Gasteiger charge is 2.08. The van der Waals surface area contributed by atoms with E-state index in [0.29, 0.717) is 19.5 Å². The van der Waals surface area contributed by atoms with Crippen LogP contribution in [-0.4, -0.2) is 23.9 Å². The molecule has 1 aromatic heterocycles. The second-order valence-corrected chi connectivity index (χ2v) is 4.96. The highest BCUT2D eigenvalue weighted by atomic mass is 32.1. The first-order chi connectivity index (χ1) is 9.29. The zero-order valence-corrected chi connectivity index (χ0v) is 11.2. The van der Waals surface area contributed by atoms with Crippen LogP contribution in [0.1, 0.15) is 5.01 Å². The number of nitrogens with one attached hydrogen (secondary N) is 1. The number of rotatable bonds is 6. The Hall–Kier alpha value is -1.96. The molecule has 3 nitrogen and oxygen atoms in total. The lowest BCUT2D eigenvalue weighted by Crippen LogP contribution is -2.24. The highest BCUT2D eigenvalue weighted by molar-refractivity contribution is 7.10. The van der Waals surface area contributed by atoms with Crippen molar-refractivity contribution in [2.24, 2.45) is 0 Å². The fourth-order valence-corrected chi connectivity index (χ4v) is 2.47. The minimum atomic E-state index is 0.101. The number of Topliss-reactive ketones (excluding diaryl/α,β-unsaturated/α-hetero) is 1. The number of hydrogen-bond donors (Lipinski definition) is 1. The standard InChI is InChI=1S/C15H14N2OS/c1-2-8-16-10-13(18)9-15-17-14(11-19-15)12-6-4-3-5-7-12/h1,3-7,11,16H,8-10H2. The summed E-state index contributed by atoms with van der Waals surface area (Å²) < 4.78 is 0. The lowest BCUT2D eigenvalue weighted by molar-refractivity contribution is -0.117. The lowest BCUT2D eigenvalue weighted by Gasteiger charge is -1.98. The SMILES string of the molecule is C#CCNCC(=O)Cc1nc(-c2ccccc2)cs1. The van der Waals surface area contributed by atoms with Crippen molar-refractivity contribution < 1.29 is 4.79 Å². The average molecular weight is 270 g/mol. The third-order valence-electron chi connectivity index (χ3n) is 2.52. The van der Waals surface area contributed by atoms with E-state index in [-0.39, 0.29) is 5.78 Å². The Morgan fingerprint density at radius 2 is 2.16 bits per heavy atom. The summed E-state index contributed by atoms with van der Waals surface area (Å²) in [7, 11) is 0. The number of terminal acetylenes is 1. The van der Waals surface area contributed by atoms with Gasteiger partial charge in [-0.2, -0.15) is 0 Å². The van der Waals surface area contributed by atoms with Gasteiger partial charge < -0.3 is 0 Å². The number of ketones is 1. The van der Waals surface area contributed by atoms with Crippen LogP contribution in [0.15, 0.2) is 35.7 Å². The summed E-state index contributed by atoms with van der Waals surface area (Å²) in [5.41, 5.74) is 1.99. The van der Waals surface area contributed by atoms with Crippen LogP contribution in [-0.2, 0) is 11.2 Å². The Kier molecular flexibility index (Phi) is 4.85. The maximum atomic E-state index is 11.7. The quantitative estimate of drug-likeness (QED) is 0.646. The monoisotopic (exact) mass is 270 g/mol. The zero-order chi connectivity index (χ0) is 13.5. The van der Waals surface area contributed by atoms with Gasteiger partial charge in [0.05, 0.1) is 25.2 Å². The van der Waals surface area contributed by atoms with E-state index < -0.39 is 0 Å². The van der Waals surface area contributed by atoms with Crippen LogP contribution < -0.4 is 5.32 Å². The van der Waals surface area contributed by atoms with Gasteiger partial charge in [0.1, 0.15) is 5.01 Å². The normalized spacial score (nSPS) is 10.1. The maximum Gasteiger partial charge on any atom is 0.153 e. The number of thiazole rings is 1. The van der Waals surface area contributed by atoms with Gasteiger partial charge in [0, 0.05) is 10.9 Å². The zero-order valence-electron chi connectivity index (χ0n) is 10.4. The third-order valence-corrected chi connectivity index (χ3v) is 3.37.